The zero-order chi connectivity index (χ0) is 14.9. The molecule has 2 atom stereocenters. The van der Waals surface area contributed by atoms with E-state index in [1.807, 2.05) is 0 Å². The largest absolute Gasteiger partial charge is 0.288 e. The first-order chi connectivity index (χ1) is 10.8. The van der Waals surface area contributed by atoms with Crippen molar-refractivity contribution in [2.45, 2.75) is 44.7 Å². The fourth-order valence-electron chi connectivity index (χ4n) is 4.32. The van der Waals surface area contributed by atoms with Crippen molar-refractivity contribution in [1.82, 2.24) is 9.80 Å². The minimum Gasteiger partial charge on any atom is -0.288 e. The van der Waals surface area contributed by atoms with Crippen LogP contribution in [0.15, 0.2) is 42.5 Å². The molecule has 4 rings (SSSR count). The molecular weight excluding hydrogens is 268 g/mol. The molecule has 2 unspecified atom stereocenters. The van der Waals surface area contributed by atoms with Gasteiger partial charge in [0.15, 0.2) is 0 Å². The van der Waals surface area contributed by atoms with Crippen molar-refractivity contribution in [3.05, 3.63) is 48.0 Å². The van der Waals surface area contributed by atoms with Crippen LogP contribution in [-0.2, 0) is 0 Å². The van der Waals surface area contributed by atoms with Crippen LogP contribution in [0.5, 0.6) is 0 Å². The molecule has 0 radical (unpaired) electrons. The Morgan fingerprint density at radius 3 is 2.55 bits per heavy atom. The van der Waals surface area contributed by atoms with Crippen molar-refractivity contribution in [2.24, 2.45) is 0 Å². The van der Waals surface area contributed by atoms with Gasteiger partial charge in [0.25, 0.3) is 0 Å². The Hall–Kier alpha value is -1.38. The second kappa shape index (κ2) is 6.02. The number of benzene rings is 2. The smallest absolute Gasteiger partial charge is 0.0514 e. The summed E-state index contributed by atoms with van der Waals surface area (Å²) in [4.78, 5) is 5.38. The Kier molecular flexibility index (Phi) is 3.89. The molecule has 22 heavy (non-hydrogen) atoms. The highest BCUT2D eigenvalue weighted by atomic mass is 15.3. The summed E-state index contributed by atoms with van der Waals surface area (Å²) in [5.74, 6) is 0. The molecule has 116 valence electrons. The van der Waals surface area contributed by atoms with Crippen LogP contribution in [0.2, 0.25) is 0 Å². The normalized spacial score (nSPS) is 27.0. The molecule has 2 aromatic carbocycles. The molecule has 2 aromatic rings. The average Bonchev–Trinajstić information content (AvgIpc) is 3.17. The summed E-state index contributed by atoms with van der Waals surface area (Å²) >= 11 is 0. The topological polar surface area (TPSA) is 6.48 Å². The summed E-state index contributed by atoms with van der Waals surface area (Å²) in [5, 5.41) is 2.82. The van der Waals surface area contributed by atoms with Gasteiger partial charge >= 0.3 is 0 Å². The van der Waals surface area contributed by atoms with Gasteiger partial charge in [0.1, 0.15) is 0 Å². The van der Waals surface area contributed by atoms with Crippen molar-refractivity contribution < 1.29 is 0 Å². The summed E-state index contributed by atoms with van der Waals surface area (Å²) in [6.07, 6.45) is 5.37. The number of nitrogens with zero attached hydrogens (tertiary/aromatic N) is 2. The van der Waals surface area contributed by atoms with E-state index >= 15 is 0 Å². The first-order valence-electron chi connectivity index (χ1n) is 8.79. The number of hydrogen-bond acceptors (Lipinski definition) is 2. The monoisotopic (exact) mass is 294 g/mol. The van der Waals surface area contributed by atoms with Gasteiger partial charge in [0.2, 0.25) is 0 Å². The lowest BCUT2D eigenvalue weighted by molar-refractivity contribution is 0.117. The molecule has 0 spiro atoms. The Balaban J connectivity index is 1.62. The Morgan fingerprint density at radius 2 is 1.68 bits per heavy atom. The Labute approximate surface area is 133 Å². The summed E-state index contributed by atoms with van der Waals surface area (Å²) < 4.78 is 0. The van der Waals surface area contributed by atoms with Crippen molar-refractivity contribution in [3.8, 4) is 0 Å². The standard InChI is InChI=1S/C20H26N2/c1-16-7-5-13-21(16)15-22-14-6-12-20(22)19-11-4-9-17-8-2-3-10-18(17)19/h2-4,8-11,16,20H,5-7,12-15H2,1H3. The number of likely N-dealkylation sites (tertiary alicyclic amines) is 2. The van der Waals surface area contributed by atoms with Gasteiger partial charge in [-0.1, -0.05) is 42.5 Å². The van der Waals surface area contributed by atoms with Crippen LogP contribution in [-0.4, -0.2) is 35.6 Å². The van der Waals surface area contributed by atoms with Gasteiger partial charge in [-0.25, -0.2) is 0 Å². The molecule has 2 aliphatic rings. The van der Waals surface area contributed by atoms with Crippen LogP contribution in [0, 0.1) is 0 Å². The number of fused-ring (bicyclic) bond motifs is 1. The zero-order valence-electron chi connectivity index (χ0n) is 13.5. The Morgan fingerprint density at radius 1 is 0.909 bits per heavy atom. The van der Waals surface area contributed by atoms with E-state index < -0.39 is 0 Å². The quantitative estimate of drug-likeness (QED) is 0.827. The first kappa shape index (κ1) is 14.2. The molecule has 2 aliphatic heterocycles. The molecule has 2 saturated heterocycles. The Bertz CT molecular complexity index is 646. The van der Waals surface area contributed by atoms with Crippen LogP contribution in [0.3, 0.4) is 0 Å². The van der Waals surface area contributed by atoms with E-state index in [9.17, 15) is 0 Å². The van der Waals surface area contributed by atoms with Gasteiger partial charge < -0.3 is 0 Å². The molecule has 0 aromatic heterocycles. The van der Waals surface area contributed by atoms with Gasteiger partial charge in [-0.05, 0) is 55.5 Å². The SMILES string of the molecule is CC1CCCN1CN1CCCC1c1cccc2ccccc12. The zero-order valence-corrected chi connectivity index (χ0v) is 13.5. The summed E-state index contributed by atoms with van der Waals surface area (Å²) in [5.41, 5.74) is 1.53. The fraction of sp³-hybridized carbons (Fsp3) is 0.500. The fourth-order valence-corrected chi connectivity index (χ4v) is 4.32. The van der Waals surface area contributed by atoms with Gasteiger partial charge in [-0.15, -0.1) is 0 Å². The average molecular weight is 294 g/mol. The summed E-state index contributed by atoms with van der Waals surface area (Å²) in [7, 11) is 0. The highest BCUT2D eigenvalue weighted by molar-refractivity contribution is 5.86. The van der Waals surface area contributed by atoms with E-state index in [2.05, 4.69) is 59.2 Å². The minimum atomic E-state index is 0.596. The molecule has 2 heterocycles. The first-order valence-corrected chi connectivity index (χ1v) is 8.79. The van der Waals surface area contributed by atoms with E-state index in [-0.39, 0.29) is 0 Å². The minimum absolute atomic E-state index is 0.596. The molecule has 0 bridgehead atoms. The van der Waals surface area contributed by atoms with Gasteiger partial charge in [0.05, 0.1) is 6.67 Å². The van der Waals surface area contributed by atoms with Gasteiger partial charge in [0, 0.05) is 18.6 Å². The highest BCUT2D eigenvalue weighted by Gasteiger charge is 2.30. The van der Waals surface area contributed by atoms with Crippen LogP contribution in [0.25, 0.3) is 10.8 Å². The van der Waals surface area contributed by atoms with E-state index in [1.165, 1.54) is 55.1 Å². The van der Waals surface area contributed by atoms with E-state index in [1.54, 1.807) is 0 Å². The molecule has 0 N–H and O–H groups in total. The highest BCUT2D eigenvalue weighted by Crippen LogP contribution is 2.36. The third kappa shape index (κ3) is 2.55. The number of hydrogen-bond donors (Lipinski definition) is 0. The molecule has 0 aliphatic carbocycles. The second-order valence-corrected chi connectivity index (χ2v) is 6.98. The molecule has 2 heteroatoms. The predicted molar refractivity (Wildman–Crippen MR) is 92.9 cm³/mol. The molecule has 0 amide bonds. The lowest BCUT2D eigenvalue weighted by atomic mass is 9.97. The van der Waals surface area contributed by atoms with Crippen LogP contribution in [0.1, 0.15) is 44.2 Å². The van der Waals surface area contributed by atoms with Crippen LogP contribution < -0.4 is 0 Å². The maximum absolute atomic E-state index is 2.71. The maximum Gasteiger partial charge on any atom is 0.0514 e. The van der Waals surface area contributed by atoms with E-state index in [0.29, 0.717) is 6.04 Å². The van der Waals surface area contributed by atoms with Crippen molar-refractivity contribution in [2.75, 3.05) is 19.8 Å². The van der Waals surface area contributed by atoms with Gasteiger partial charge in [-0.2, -0.15) is 0 Å². The maximum atomic E-state index is 2.71. The van der Waals surface area contributed by atoms with Crippen molar-refractivity contribution in [1.29, 1.82) is 0 Å². The molecule has 0 saturated carbocycles. The van der Waals surface area contributed by atoms with Crippen LogP contribution >= 0.6 is 0 Å². The lowest BCUT2D eigenvalue weighted by Crippen LogP contribution is -2.39. The van der Waals surface area contributed by atoms with Crippen molar-refractivity contribution in [3.63, 3.8) is 0 Å². The number of rotatable bonds is 3. The van der Waals surface area contributed by atoms with Crippen LogP contribution in [0.4, 0.5) is 0 Å². The second-order valence-electron chi connectivity index (χ2n) is 6.98. The van der Waals surface area contributed by atoms with Crippen molar-refractivity contribution >= 4 is 10.8 Å². The third-order valence-corrected chi connectivity index (χ3v) is 5.60. The lowest BCUT2D eigenvalue weighted by Gasteiger charge is -2.32. The molecular formula is C20H26N2. The molecule has 2 nitrogen and oxygen atoms in total. The van der Waals surface area contributed by atoms with Gasteiger partial charge in [-0.3, -0.25) is 9.80 Å². The summed E-state index contributed by atoms with van der Waals surface area (Å²) in [6, 6.07) is 17.0. The third-order valence-electron chi connectivity index (χ3n) is 5.60. The molecule has 2 fully saturated rings. The van der Waals surface area contributed by atoms with E-state index in [4.69, 9.17) is 0 Å². The predicted octanol–water partition coefficient (Wildman–Crippen LogP) is 4.42. The summed E-state index contributed by atoms with van der Waals surface area (Å²) in [6.45, 7) is 6.06. The van der Waals surface area contributed by atoms with E-state index in [0.717, 1.165) is 12.7 Å².